The molecule has 0 saturated carbocycles. The molecule has 0 saturated heterocycles. The van der Waals surface area contributed by atoms with E-state index in [0.717, 1.165) is 15.2 Å². The van der Waals surface area contributed by atoms with Crippen LogP contribution in [0.3, 0.4) is 0 Å². The molecule has 2 aromatic heterocycles. The van der Waals surface area contributed by atoms with Gasteiger partial charge in [-0.25, -0.2) is 0 Å². The van der Waals surface area contributed by atoms with Crippen LogP contribution in [0.1, 0.15) is 16.7 Å². The van der Waals surface area contributed by atoms with Crippen LogP contribution in [-0.4, -0.2) is 14.8 Å². The lowest BCUT2D eigenvalue weighted by atomic mass is 10.2. The number of nitrogens with two attached hydrogens (primary N) is 1. The first-order chi connectivity index (χ1) is 6.70. The van der Waals surface area contributed by atoms with Gasteiger partial charge < -0.3 is 10.3 Å². The average molecular weight is 273 g/mol. The van der Waals surface area contributed by atoms with Gasteiger partial charge >= 0.3 is 0 Å². The topological polar surface area (TPSA) is 56.7 Å². The lowest BCUT2D eigenvalue weighted by Gasteiger charge is -2.08. The van der Waals surface area contributed by atoms with Gasteiger partial charge in [-0.2, -0.15) is 0 Å². The zero-order chi connectivity index (χ0) is 10.1. The molecule has 0 bridgehead atoms. The highest BCUT2D eigenvalue weighted by Gasteiger charge is 2.17. The van der Waals surface area contributed by atoms with Crippen LogP contribution in [0.5, 0.6) is 0 Å². The van der Waals surface area contributed by atoms with Crippen molar-refractivity contribution in [2.75, 3.05) is 0 Å². The smallest absolute Gasteiger partial charge is 0.154 e. The molecular weight excluding hydrogens is 264 g/mol. The molecule has 2 aromatic rings. The molecule has 2 heterocycles. The van der Waals surface area contributed by atoms with E-state index >= 15 is 0 Å². The summed E-state index contributed by atoms with van der Waals surface area (Å²) >= 11 is 5.06. The van der Waals surface area contributed by atoms with Gasteiger partial charge in [0.1, 0.15) is 12.4 Å². The Kier molecular flexibility index (Phi) is 2.66. The number of rotatable bonds is 2. The van der Waals surface area contributed by atoms with Crippen molar-refractivity contribution in [3.05, 3.63) is 32.9 Å². The van der Waals surface area contributed by atoms with Gasteiger partial charge in [-0.05, 0) is 27.4 Å². The Morgan fingerprint density at radius 3 is 2.93 bits per heavy atom. The molecular formula is C8H9BrN4S. The zero-order valence-corrected chi connectivity index (χ0v) is 9.92. The van der Waals surface area contributed by atoms with Crippen LogP contribution < -0.4 is 5.73 Å². The van der Waals surface area contributed by atoms with Crippen LogP contribution in [0.2, 0.25) is 0 Å². The normalized spacial score (nSPS) is 13.1. The van der Waals surface area contributed by atoms with E-state index in [4.69, 9.17) is 5.73 Å². The third kappa shape index (κ3) is 1.60. The van der Waals surface area contributed by atoms with E-state index in [0.29, 0.717) is 0 Å². The molecule has 0 fully saturated rings. The number of halogens is 1. The van der Waals surface area contributed by atoms with Crippen molar-refractivity contribution in [1.29, 1.82) is 0 Å². The minimum Gasteiger partial charge on any atom is -0.319 e. The highest BCUT2D eigenvalue weighted by atomic mass is 79.9. The predicted molar refractivity (Wildman–Crippen MR) is 59.1 cm³/mol. The standard InChI is InChI=1S/C8H9BrN4S/c1-13-4-11-12-8(13)6(10)7-5(9)2-3-14-7/h2-4,6H,10H2,1H3. The first-order valence-corrected chi connectivity index (χ1v) is 5.69. The molecule has 2 N–H and O–H groups in total. The summed E-state index contributed by atoms with van der Waals surface area (Å²) in [4.78, 5) is 1.07. The summed E-state index contributed by atoms with van der Waals surface area (Å²) in [6, 6.07) is 1.77. The molecule has 0 spiro atoms. The number of aromatic nitrogens is 3. The van der Waals surface area contributed by atoms with Gasteiger partial charge in [0.2, 0.25) is 0 Å². The number of aryl methyl sites for hydroxylation is 1. The molecule has 4 nitrogen and oxygen atoms in total. The van der Waals surface area contributed by atoms with Crippen LogP contribution in [0.25, 0.3) is 0 Å². The molecule has 0 amide bonds. The monoisotopic (exact) mass is 272 g/mol. The summed E-state index contributed by atoms with van der Waals surface area (Å²) < 4.78 is 2.86. The van der Waals surface area contributed by atoms with Crippen molar-refractivity contribution in [3.63, 3.8) is 0 Å². The molecule has 0 aromatic carbocycles. The largest absolute Gasteiger partial charge is 0.319 e. The van der Waals surface area contributed by atoms with Crippen molar-refractivity contribution in [2.45, 2.75) is 6.04 Å². The second kappa shape index (κ2) is 3.80. The molecule has 2 rings (SSSR count). The Morgan fingerprint density at radius 1 is 1.64 bits per heavy atom. The molecule has 1 atom stereocenters. The van der Waals surface area contributed by atoms with Crippen LogP contribution in [0.4, 0.5) is 0 Å². The lowest BCUT2D eigenvalue weighted by molar-refractivity contribution is 0.722. The Labute approximate surface area is 93.9 Å². The maximum Gasteiger partial charge on any atom is 0.154 e. The average Bonchev–Trinajstić information content (AvgIpc) is 2.73. The van der Waals surface area contributed by atoms with E-state index in [1.165, 1.54) is 0 Å². The quantitative estimate of drug-likeness (QED) is 0.905. The second-order valence-corrected chi connectivity index (χ2v) is 4.71. The van der Waals surface area contributed by atoms with Gasteiger partial charge in [-0.15, -0.1) is 21.5 Å². The van der Waals surface area contributed by atoms with Crippen LogP contribution >= 0.6 is 27.3 Å². The highest BCUT2D eigenvalue weighted by Crippen LogP contribution is 2.30. The van der Waals surface area contributed by atoms with E-state index in [2.05, 4.69) is 26.1 Å². The van der Waals surface area contributed by atoms with E-state index < -0.39 is 0 Å². The lowest BCUT2D eigenvalue weighted by Crippen LogP contribution is -2.15. The summed E-state index contributed by atoms with van der Waals surface area (Å²) in [5.41, 5.74) is 6.06. The second-order valence-electron chi connectivity index (χ2n) is 2.91. The fraction of sp³-hybridized carbons (Fsp3) is 0.250. The van der Waals surface area contributed by atoms with Gasteiger partial charge in [-0.3, -0.25) is 0 Å². The summed E-state index contributed by atoms with van der Waals surface area (Å²) in [7, 11) is 1.89. The van der Waals surface area contributed by atoms with E-state index in [1.807, 2.05) is 23.1 Å². The number of hydrogen-bond acceptors (Lipinski definition) is 4. The SMILES string of the molecule is Cn1cnnc1C(N)c1sccc1Br. The summed E-state index contributed by atoms with van der Waals surface area (Å²) in [6.07, 6.45) is 1.65. The molecule has 74 valence electrons. The summed E-state index contributed by atoms with van der Waals surface area (Å²) in [5.74, 6) is 0.771. The van der Waals surface area contributed by atoms with E-state index in [9.17, 15) is 0 Å². The summed E-state index contributed by atoms with van der Waals surface area (Å²) in [5, 5.41) is 9.79. The molecule has 0 radical (unpaired) electrons. The molecule has 6 heteroatoms. The fourth-order valence-electron chi connectivity index (χ4n) is 1.22. The minimum atomic E-state index is -0.211. The van der Waals surface area contributed by atoms with Gasteiger partial charge in [0.05, 0.1) is 0 Å². The third-order valence-electron chi connectivity index (χ3n) is 1.95. The Bertz CT molecular complexity index is 396. The first-order valence-electron chi connectivity index (χ1n) is 4.02. The highest BCUT2D eigenvalue weighted by molar-refractivity contribution is 9.10. The van der Waals surface area contributed by atoms with Crippen molar-refractivity contribution >= 4 is 27.3 Å². The first kappa shape index (κ1) is 9.82. The van der Waals surface area contributed by atoms with Crippen LogP contribution in [-0.2, 0) is 7.05 Å². The van der Waals surface area contributed by atoms with Crippen molar-refractivity contribution < 1.29 is 0 Å². The van der Waals surface area contributed by atoms with Gasteiger partial charge in [-0.1, -0.05) is 0 Å². The minimum absolute atomic E-state index is 0.211. The Morgan fingerprint density at radius 2 is 2.43 bits per heavy atom. The predicted octanol–water partition coefficient (Wildman–Crippen LogP) is 1.69. The number of thiophene rings is 1. The zero-order valence-electron chi connectivity index (χ0n) is 7.51. The molecule has 0 aliphatic carbocycles. The van der Waals surface area contributed by atoms with Gasteiger partial charge in [0.25, 0.3) is 0 Å². The molecule has 0 aliphatic rings. The van der Waals surface area contributed by atoms with Crippen molar-refractivity contribution in [3.8, 4) is 0 Å². The van der Waals surface area contributed by atoms with Crippen LogP contribution in [0, 0.1) is 0 Å². The number of nitrogens with zero attached hydrogens (tertiary/aromatic N) is 3. The van der Waals surface area contributed by atoms with Gasteiger partial charge in [0, 0.05) is 16.4 Å². The van der Waals surface area contributed by atoms with Crippen LogP contribution in [0.15, 0.2) is 22.2 Å². The fourth-order valence-corrected chi connectivity index (χ4v) is 2.84. The number of hydrogen-bond donors (Lipinski definition) is 1. The van der Waals surface area contributed by atoms with Gasteiger partial charge in [0.15, 0.2) is 5.82 Å². The third-order valence-corrected chi connectivity index (χ3v) is 3.91. The molecule has 14 heavy (non-hydrogen) atoms. The summed E-state index contributed by atoms with van der Waals surface area (Å²) in [6.45, 7) is 0. The van der Waals surface area contributed by atoms with E-state index in [-0.39, 0.29) is 6.04 Å². The van der Waals surface area contributed by atoms with E-state index in [1.54, 1.807) is 17.7 Å². The molecule has 0 aliphatic heterocycles. The van der Waals surface area contributed by atoms with Crippen molar-refractivity contribution in [1.82, 2.24) is 14.8 Å². The maximum absolute atomic E-state index is 6.06. The maximum atomic E-state index is 6.06. The Balaban J connectivity index is 2.38. The van der Waals surface area contributed by atoms with Crippen molar-refractivity contribution in [2.24, 2.45) is 12.8 Å². The Hall–Kier alpha value is -0.720. The molecule has 1 unspecified atom stereocenters.